The van der Waals surface area contributed by atoms with Gasteiger partial charge in [-0.2, -0.15) is 0 Å². The van der Waals surface area contributed by atoms with Crippen molar-refractivity contribution in [1.82, 2.24) is 4.98 Å². The van der Waals surface area contributed by atoms with Gasteiger partial charge in [0.2, 0.25) is 0 Å². The zero-order chi connectivity index (χ0) is 21.5. The Morgan fingerprint density at radius 2 is 2.07 bits per heavy atom. The van der Waals surface area contributed by atoms with Gasteiger partial charge in [-0.1, -0.05) is 0 Å². The summed E-state index contributed by atoms with van der Waals surface area (Å²) >= 11 is 0. The van der Waals surface area contributed by atoms with Crippen LogP contribution in [0.25, 0.3) is 11.1 Å². The molecule has 1 aromatic heterocycles. The van der Waals surface area contributed by atoms with Crippen LogP contribution < -0.4 is 10.2 Å². The van der Waals surface area contributed by atoms with Crippen LogP contribution in [0.2, 0.25) is 0 Å². The highest BCUT2D eigenvalue weighted by Crippen LogP contribution is 2.44. The van der Waals surface area contributed by atoms with E-state index < -0.39 is 11.4 Å². The molecule has 1 N–H and O–H groups in total. The number of nitrogens with zero attached hydrogens (tertiary/aromatic N) is 2. The van der Waals surface area contributed by atoms with Crippen molar-refractivity contribution in [1.29, 1.82) is 0 Å². The Balaban J connectivity index is 1.70. The Kier molecular flexibility index (Phi) is 5.07. The van der Waals surface area contributed by atoms with E-state index in [1.54, 1.807) is 19.4 Å². The van der Waals surface area contributed by atoms with Gasteiger partial charge in [0.05, 0.1) is 12.2 Å². The average Bonchev–Trinajstić information content (AvgIpc) is 3.20. The van der Waals surface area contributed by atoms with E-state index in [0.29, 0.717) is 29.2 Å². The molecular formula is C23H24FN3O3. The molecule has 0 saturated heterocycles. The number of carbonyl (C=O) groups excluding carboxylic acids is 1. The molecule has 4 rings (SSSR count). The summed E-state index contributed by atoms with van der Waals surface area (Å²) in [7, 11) is 3.63. The molecule has 2 aliphatic heterocycles. The van der Waals surface area contributed by atoms with Crippen LogP contribution in [-0.2, 0) is 14.3 Å². The molecule has 0 saturated carbocycles. The van der Waals surface area contributed by atoms with Crippen LogP contribution in [0.15, 0.2) is 48.4 Å². The van der Waals surface area contributed by atoms with Gasteiger partial charge in [0.15, 0.2) is 0 Å². The number of carbonyl (C=O) groups is 1. The minimum Gasteiger partial charge on any atom is -0.482 e. The third kappa shape index (κ3) is 3.57. The van der Waals surface area contributed by atoms with Gasteiger partial charge in [0.1, 0.15) is 23.0 Å². The molecule has 0 unspecified atom stereocenters. The predicted molar refractivity (Wildman–Crippen MR) is 114 cm³/mol. The van der Waals surface area contributed by atoms with Crippen LogP contribution in [0.1, 0.15) is 25.0 Å². The number of rotatable bonds is 5. The molecule has 0 atom stereocenters. The van der Waals surface area contributed by atoms with Crippen molar-refractivity contribution < 1.29 is 18.7 Å². The molecule has 0 fully saturated rings. The maximum absolute atomic E-state index is 13.8. The van der Waals surface area contributed by atoms with Gasteiger partial charge in [-0.15, -0.1) is 0 Å². The van der Waals surface area contributed by atoms with Crippen molar-refractivity contribution in [2.24, 2.45) is 0 Å². The number of amides is 1. The Morgan fingerprint density at radius 1 is 1.27 bits per heavy atom. The topological polar surface area (TPSA) is 63.7 Å². The normalized spacial score (nSPS) is 19.2. The van der Waals surface area contributed by atoms with Crippen molar-refractivity contribution >= 4 is 28.6 Å². The van der Waals surface area contributed by atoms with Gasteiger partial charge in [-0.3, -0.25) is 4.79 Å². The molecule has 0 bridgehead atoms. The van der Waals surface area contributed by atoms with Gasteiger partial charge in [-0.05, 0) is 50.3 Å². The summed E-state index contributed by atoms with van der Waals surface area (Å²) < 4.78 is 25.0. The Labute approximate surface area is 175 Å². The van der Waals surface area contributed by atoms with Crippen LogP contribution in [0, 0.1) is 5.82 Å². The van der Waals surface area contributed by atoms with E-state index in [4.69, 9.17) is 9.47 Å². The average molecular weight is 409 g/mol. The molecule has 1 aromatic carbocycles. The van der Waals surface area contributed by atoms with E-state index in [0.717, 1.165) is 23.5 Å². The lowest BCUT2D eigenvalue weighted by molar-refractivity contribution is -0.111. The van der Waals surface area contributed by atoms with Gasteiger partial charge >= 0.3 is 0 Å². The molecule has 7 heteroatoms. The van der Waals surface area contributed by atoms with Crippen molar-refractivity contribution in [2.75, 3.05) is 37.5 Å². The minimum atomic E-state index is -0.663. The third-order valence-electron chi connectivity index (χ3n) is 5.34. The van der Waals surface area contributed by atoms with Crippen LogP contribution in [0.3, 0.4) is 0 Å². The molecule has 2 aliphatic rings. The second kappa shape index (κ2) is 7.57. The zero-order valence-electron chi connectivity index (χ0n) is 17.5. The molecule has 30 heavy (non-hydrogen) atoms. The van der Waals surface area contributed by atoms with Gasteiger partial charge in [0.25, 0.3) is 5.91 Å². The number of ether oxygens (including phenoxy) is 2. The van der Waals surface area contributed by atoms with E-state index in [-0.39, 0.29) is 5.91 Å². The lowest BCUT2D eigenvalue weighted by Crippen LogP contribution is -2.23. The van der Waals surface area contributed by atoms with Crippen molar-refractivity contribution in [3.8, 4) is 0 Å². The summed E-state index contributed by atoms with van der Waals surface area (Å²) in [6.07, 6.45) is 3.64. The first-order valence-corrected chi connectivity index (χ1v) is 9.73. The van der Waals surface area contributed by atoms with Gasteiger partial charge < -0.3 is 19.7 Å². The van der Waals surface area contributed by atoms with Crippen molar-refractivity contribution in [3.05, 3.63) is 65.3 Å². The number of allylic oxidation sites excluding steroid dienone is 1. The van der Waals surface area contributed by atoms with E-state index in [9.17, 15) is 9.18 Å². The summed E-state index contributed by atoms with van der Waals surface area (Å²) in [5.74, 6) is 0.568. The summed E-state index contributed by atoms with van der Waals surface area (Å²) in [5, 5.41) is 2.77. The fraction of sp³-hybridized carbons (Fsp3) is 0.304. The first-order valence-electron chi connectivity index (χ1n) is 9.73. The van der Waals surface area contributed by atoms with Crippen molar-refractivity contribution in [2.45, 2.75) is 19.4 Å². The van der Waals surface area contributed by atoms with Crippen LogP contribution in [-0.4, -0.2) is 43.8 Å². The first kappa shape index (κ1) is 20.1. The highest BCUT2D eigenvalue weighted by Gasteiger charge is 2.38. The maximum atomic E-state index is 13.8. The zero-order valence-corrected chi connectivity index (χ0v) is 17.5. The molecule has 156 valence electrons. The lowest BCUT2D eigenvalue weighted by Gasteiger charge is -2.24. The van der Waals surface area contributed by atoms with Gasteiger partial charge in [0, 0.05) is 49.3 Å². The molecule has 6 nitrogen and oxygen atoms in total. The monoisotopic (exact) mass is 409 g/mol. The number of nitrogens with one attached hydrogen (secondary N) is 1. The highest BCUT2D eigenvalue weighted by atomic mass is 19.1. The number of hydrogen-bond donors (Lipinski definition) is 1. The molecular weight excluding hydrogens is 385 g/mol. The van der Waals surface area contributed by atoms with Crippen LogP contribution in [0.5, 0.6) is 0 Å². The number of fused-ring (bicyclic) bond motifs is 1. The standard InChI is InChI=1S/C23H24FN3O3/c1-23(2)17(14-5-8-20(25-13-14)27(3)9-10-29-4)12-19(30-23)21-16-11-15(24)6-7-18(16)26-22(21)28/h5-8,11-13H,9-10H2,1-4H3,(H,26,28)/b21-19+. The second-order valence-electron chi connectivity index (χ2n) is 7.87. The molecule has 0 spiro atoms. The van der Waals surface area contributed by atoms with Crippen LogP contribution in [0.4, 0.5) is 15.9 Å². The SMILES string of the molecule is COCCN(C)c1ccc(C2=C/C(=C3\C(=O)Nc4ccc(F)cc43)OC2(C)C)cn1. The van der Waals surface area contributed by atoms with Crippen LogP contribution >= 0.6 is 0 Å². The summed E-state index contributed by atoms with van der Waals surface area (Å²) in [6.45, 7) is 5.23. The van der Waals surface area contributed by atoms with E-state index >= 15 is 0 Å². The smallest absolute Gasteiger partial charge is 0.260 e. The highest BCUT2D eigenvalue weighted by molar-refractivity contribution is 6.32. The fourth-order valence-corrected chi connectivity index (χ4v) is 3.72. The summed E-state index contributed by atoms with van der Waals surface area (Å²) in [4.78, 5) is 19.1. The number of aromatic nitrogens is 1. The Hall–Kier alpha value is -3.19. The molecule has 2 aromatic rings. The largest absolute Gasteiger partial charge is 0.482 e. The van der Waals surface area contributed by atoms with E-state index in [1.165, 1.54) is 12.1 Å². The number of methoxy groups -OCH3 is 1. The lowest BCUT2D eigenvalue weighted by atomic mass is 9.93. The Morgan fingerprint density at radius 3 is 2.77 bits per heavy atom. The first-order chi connectivity index (χ1) is 14.3. The fourth-order valence-electron chi connectivity index (χ4n) is 3.72. The summed E-state index contributed by atoms with van der Waals surface area (Å²) in [5.41, 5.74) is 2.58. The quantitative estimate of drug-likeness (QED) is 0.760. The van der Waals surface area contributed by atoms with Gasteiger partial charge in [-0.25, -0.2) is 9.37 Å². The summed E-state index contributed by atoms with van der Waals surface area (Å²) in [6, 6.07) is 8.16. The predicted octanol–water partition coefficient (Wildman–Crippen LogP) is 3.86. The number of hydrogen-bond acceptors (Lipinski definition) is 5. The van der Waals surface area contributed by atoms with E-state index in [2.05, 4.69) is 10.3 Å². The number of pyridine rings is 1. The number of halogens is 1. The number of benzene rings is 1. The number of likely N-dealkylation sites (N-methyl/N-ethyl adjacent to an activating group) is 1. The third-order valence-corrected chi connectivity index (χ3v) is 5.34. The molecule has 0 radical (unpaired) electrons. The van der Waals surface area contributed by atoms with Crippen molar-refractivity contribution in [3.63, 3.8) is 0 Å². The molecule has 0 aliphatic carbocycles. The second-order valence-corrected chi connectivity index (χ2v) is 7.87. The van der Waals surface area contributed by atoms with E-state index in [1.807, 2.05) is 44.0 Å². The number of anilines is 2. The molecule has 1 amide bonds. The molecule has 3 heterocycles. The Bertz CT molecular complexity index is 1060. The minimum absolute atomic E-state index is 0.299. The maximum Gasteiger partial charge on any atom is 0.260 e.